The molecular weight excluding hydrogens is 360 g/mol. The van der Waals surface area contributed by atoms with E-state index in [9.17, 15) is 22.4 Å². The lowest BCUT2D eigenvalue weighted by atomic mass is 9.74. The third kappa shape index (κ3) is 5.17. The van der Waals surface area contributed by atoms with Crippen LogP contribution in [0, 0.1) is 23.7 Å². The van der Waals surface area contributed by atoms with Crippen LogP contribution < -0.4 is 0 Å². The van der Waals surface area contributed by atoms with Crippen LogP contribution in [-0.2, 0) is 9.53 Å². The number of halogens is 4. The van der Waals surface area contributed by atoms with Gasteiger partial charge in [0.1, 0.15) is 24.6 Å². The van der Waals surface area contributed by atoms with Crippen LogP contribution >= 0.6 is 0 Å². The molecule has 0 heterocycles. The van der Waals surface area contributed by atoms with Crippen LogP contribution in [0.5, 0.6) is 0 Å². The Hall–Kier alpha value is -0.810. The summed E-state index contributed by atoms with van der Waals surface area (Å²) in [5, 5.41) is 0. The summed E-state index contributed by atoms with van der Waals surface area (Å²) in [6.45, 7) is 2.27. The second-order valence-electron chi connectivity index (χ2n) is 9.06. The van der Waals surface area contributed by atoms with E-state index >= 15 is 0 Å². The molecule has 0 aromatic rings. The fourth-order valence-electron chi connectivity index (χ4n) is 5.22. The zero-order chi connectivity index (χ0) is 19.6. The number of esters is 1. The molecule has 3 saturated carbocycles. The van der Waals surface area contributed by atoms with Gasteiger partial charge in [0.2, 0.25) is 0 Å². The highest BCUT2D eigenvalue weighted by Crippen LogP contribution is 2.41. The molecule has 3 rings (SSSR count). The van der Waals surface area contributed by atoms with Crippen molar-refractivity contribution in [1.29, 1.82) is 0 Å². The Morgan fingerprint density at radius 1 is 0.741 bits per heavy atom. The van der Waals surface area contributed by atoms with Crippen molar-refractivity contribution in [3.05, 3.63) is 0 Å². The van der Waals surface area contributed by atoms with Crippen LogP contribution in [0.1, 0.15) is 71.1 Å². The first-order valence-corrected chi connectivity index (χ1v) is 10.6. The highest BCUT2D eigenvalue weighted by molar-refractivity contribution is 5.73. The third-order valence-corrected chi connectivity index (χ3v) is 7.08. The van der Waals surface area contributed by atoms with Gasteiger partial charge < -0.3 is 4.74 Å². The van der Waals surface area contributed by atoms with E-state index in [2.05, 4.69) is 6.92 Å². The molecule has 156 valence electrons. The first-order valence-electron chi connectivity index (χ1n) is 10.6. The predicted octanol–water partition coefficient (Wildman–Crippen LogP) is 5.68. The molecule has 5 unspecified atom stereocenters. The highest BCUT2D eigenvalue weighted by Gasteiger charge is 2.42. The molecule has 3 aliphatic rings. The fourth-order valence-corrected chi connectivity index (χ4v) is 5.22. The molecule has 0 saturated heterocycles. The lowest BCUT2D eigenvalue weighted by molar-refractivity contribution is -0.162. The molecule has 27 heavy (non-hydrogen) atoms. The number of carbonyl (C=O) groups excluding carboxylic acids is 1. The van der Waals surface area contributed by atoms with Gasteiger partial charge in [-0.2, -0.15) is 0 Å². The van der Waals surface area contributed by atoms with Gasteiger partial charge in [0, 0.05) is 12.8 Å². The maximum absolute atomic E-state index is 14.6. The molecular formula is C21H32F4O2. The van der Waals surface area contributed by atoms with Crippen molar-refractivity contribution < 1.29 is 27.1 Å². The Morgan fingerprint density at radius 2 is 1.26 bits per heavy atom. The molecule has 0 aromatic carbocycles. The Kier molecular flexibility index (Phi) is 7.07. The molecule has 0 spiro atoms. The Balaban J connectivity index is 1.52. The van der Waals surface area contributed by atoms with Gasteiger partial charge in [-0.1, -0.05) is 19.8 Å². The SMILES string of the molecule is CC1CCC(C2CCC(F)C(C(=O)OC3CC(F)C(F)C(F)C3)CC2)CC1. The lowest BCUT2D eigenvalue weighted by Crippen LogP contribution is -2.42. The minimum absolute atomic E-state index is 0.338. The molecule has 0 aliphatic heterocycles. The largest absolute Gasteiger partial charge is 0.462 e. The van der Waals surface area contributed by atoms with E-state index in [0.29, 0.717) is 24.7 Å². The molecule has 0 radical (unpaired) electrons. The zero-order valence-electron chi connectivity index (χ0n) is 16.1. The smallest absolute Gasteiger partial charge is 0.312 e. The quantitative estimate of drug-likeness (QED) is 0.351. The minimum atomic E-state index is -2.16. The summed E-state index contributed by atoms with van der Waals surface area (Å²) in [7, 11) is 0. The monoisotopic (exact) mass is 392 g/mol. The second-order valence-corrected chi connectivity index (χ2v) is 9.06. The number of hydrogen-bond donors (Lipinski definition) is 0. The molecule has 2 nitrogen and oxygen atoms in total. The molecule has 5 atom stereocenters. The number of alkyl halides is 4. The van der Waals surface area contributed by atoms with E-state index in [4.69, 9.17) is 4.74 Å². The summed E-state index contributed by atoms with van der Waals surface area (Å²) in [4.78, 5) is 12.4. The van der Waals surface area contributed by atoms with Gasteiger partial charge in [0.25, 0.3) is 0 Å². The van der Waals surface area contributed by atoms with Crippen LogP contribution in [-0.4, -0.2) is 36.8 Å². The Bertz CT molecular complexity index is 483. The first kappa shape index (κ1) is 20.9. The summed E-state index contributed by atoms with van der Waals surface area (Å²) in [6.07, 6.45) is -1.92. The number of ether oxygens (including phenoxy) is 1. The van der Waals surface area contributed by atoms with Crippen LogP contribution in [0.25, 0.3) is 0 Å². The van der Waals surface area contributed by atoms with E-state index in [1.165, 1.54) is 25.7 Å². The molecule has 3 fully saturated rings. The van der Waals surface area contributed by atoms with E-state index < -0.39 is 42.7 Å². The maximum Gasteiger partial charge on any atom is 0.312 e. The number of hydrogen-bond acceptors (Lipinski definition) is 2. The Morgan fingerprint density at radius 3 is 1.85 bits per heavy atom. The Labute approximate surface area is 159 Å². The van der Waals surface area contributed by atoms with Gasteiger partial charge in [-0.3, -0.25) is 4.79 Å². The fraction of sp³-hybridized carbons (Fsp3) is 0.952. The summed E-state index contributed by atoms with van der Waals surface area (Å²) in [5.74, 6) is 0.254. The maximum atomic E-state index is 14.6. The predicted molar refractivity (Wildman–Crippen MR) is 95.3 cm³/mol. The van der Waals surface area contributed by atoms with Crippen molar-refractivity contribution in [2.75, 3.05) is 0 Å². The van der Waals surface area contributed by atoms with Gasteiger partial charge in [0.15, 0.2) is 6.17 Å². The zero-order valence-corrected chi connectivity index (χ0v) is 16.1. The van der Waals surface area contributed by atoms with Crippen molar-refractivity contribution in [1.82, 2.24) is 0 Å². The number of rotatable bonds is 3. The molecule has 0 aromatic heterocycles. The van der Waals surface area contributed by atoms with Crippen molar-refractivity contribution >= 4 is 5.97 Å². The summed E-state index contributed by atoms with van der Waals surface area (Å²) < 4.78 is 60.1. The minimum Gasteiger partial charge on any atom is -0.462 e. The van der Waals surface area contributed by atoms with Crippen molar-refractivity contribution in [2.45, 2.75) is 102 Å². The summed E-state index contributed by atoms with van der Waals surface area (Å²) in [6, 6.07) is 0. The standard InChI is InChI=1S/C21H32F4O2/c1-12-2-4-13(5-3-12)14-6-8-16(17(22)9-7-14)21(26)27-15-10-18(23)20(25)19(24)11-15/h12-20H,2-11H2,1H3. The molecule has 3 aliphatic carbocycles. The van der Waals surface area contributed by atoms with Gasteiger partial charge >= 0.3 is 5.97 Å². The van der Waals surface area contributed by atoms with Gasteiger partial charge in [-0.15, -0.1) is 0 Å². The first-order chi connectivity index (χ1) is 12.8. The average Bonchev–Trinajstić information content (AvgIpc) is 2.82. The molecule has 0 bridgehead atoms. The third-order valence-electron chi connectivity index (χ3n) is 7.08. The van der Waals surface area contributed by atoms with Crippen molar-refractivity contribution in [3.63, 3.8) is 0 Å². The van der Waals surface area contributed by atoms with Crippen LogP contribution in [0.4, 0.5) is 17.6 Å². The normalized spacial score (nSPS) is 46.5. The molecule has 0 N–H and O–H groups in total. The summed E-state index contributed by atoms with van der Waals surface area (Å²) >= 11 is 0. The van der Waals surface area contributed by atoms with E-state index in [1.807, 2.05) is 0 Å². The van der Waals surface area contributed by atoms with Gasteiger partial charge in [0.05, 0.1) is 5.92 Å². The van der Waals surface area contributed by atoms with E-state index in [-0.39, 0.29) is 12.8 Å². The van der Waals surface area contributed by atoms with Gasteiger partial charge in [-0.05, 0) is 56.3 Å². The van der Waals surface area contributed by atoms with Crippen LogP contribution in [0.2, 0.25) is 0 Å². The van der Waals surface area contributed by atoms with Gasteiger partial charge in [-0.25, -0.2) is 17.6 Å². The van der Waals surface area contributed by atoms with E-state index in [0.717, 1.165) is 18.8 Å². The van der Waals surface area contributed by atoms with Crippen LogP contribution in [0.15, 0.2) is 0 Å². The van der Waals surface area contributed by atoms with E-state index in [1.54, 1.807) is 0 Å². The number of carbonyl (C=O) groups is 1. The second kappa shape index (κ2) is 9.13. The van der Waals surface area contributed by atoms with Crippen molar-refractivity contribution in [2.24, 2.45) is 23.7 Å². The summed E-state index contributed by atoms with van der Waals surface area (Å²) in [5.41, 5.74) is 0. The topological polar surface area (TPSA) is 26.3 Å². The van der Waals surface area contributed by atoms with Crippen molar-refractivity contribution in [3.8, 4) is 0 Å². The highest BCUT2D eigenvalue weighted by atomic mass is 19.2. The molecule has 0 amide bonds. The lowest BCUT2D eigenvalue weighted by Gasteiger charge is -2.32. The molecule has 6 heteroatoms. The average molecular weight is 392 g/mol. The van der Waals surface area contributed by atoms with Crippen LogP contribution in [0.3, 0.4) is 0 Å².